The highest BCUT2D eigenvalue weighted by molar-refractivity contribution is 5.80. The number of nitrogens with one attached hydrogen (secondary N) is 1. The van der Waals surface area contributed by atoms with Crippen LogP contribution in [0.4, 0.5) is 0 Å². The van der Waals surface area contributed by atoms with Crippen molar-refractivity contribution in [1.82, 2.24) is 5.32 Å². The lowest BCUT2D eigenvalue weighted by molar-refractivity contribution is -0.145. The summed E-state index contributed by atoms with van der Waals surface area (Å²) < 4.78 is 0. The smallest absolute Gasteiger partial charge is 0.306 e. The molecule has 4 nitrogen and oxygen atoms in total. The SMILES string of the molecule is O=C(NCC1CCCCC1C(=O)O)C1CC1. The third-order valence-corrected chi connectivity index (χ3v) is 3.71. The quantitative estimate of drug-likeness (QED) is 0.760. The highest BCUT2D eigenvalue weighted by atomic mass is 16.4. The summed E-state index contributed by atoms with van der Waals surface area (Å²) in [6.45, 7) is 0.548. The summed E-state index contributed by atoms with van der Waals surface area (Å²) >= 11 is 0. The molecule has 1 amide bonds. The Morgan fingerprint density at radius 1 is 1.12 bits per heavy atom. The van der Waals surface area contributed by atoms with Crippen LogP contribution < -0.4 is 5.32 Å². The van der Waals surface area contributed by atoms with Crippen molar-refractivity contribution in [3.8, 4) is 0 Å². The van der Waals surface area contributed by atoms with Gasteiger partial charge in [-0.2, -0.15) is 0 Å². The van der Waals surface area contributed by atoms with Crippen LogP contribution in [0.1, 0.15) is 38.5 Å². The molecule has 2 atom stereocenters. The predicted octanol–water partition coefficient (Wildman–Crippen LogP) is 1.40. The Labute approximate surface area is 95.4 Å². The van der Waals surface area contributed by atoms with Gasteiger partial charge in [0.15, 0.2) is 0 Å². The van der Waals surface area contributed by atoms with Gasteiger partial charge in [0, 0.05) is 12.5 Å². The van der Waals surface area contributed by atoms with E-state index < -0.39 is 5.97 Å². The van der Waals surface area contributed by atoms with Gasteiger partial charge >= 0.3 is 5.97 Å². The van der Waals surface area contributed by atoms with Gasteiger partial charge in [0.05, 0.1) is 5.92 Å². The Morgan fingerprint density at radius 3 is 2.44 bits per heavy atom. The number of rotatable bonds is 4. The Hall–Kier alpha value is -1.06. The highest BCUT2D eigenvalue weighted by Crippen LogP contribution is 2.31. The van der Waals surface area contributed by atoms with Crippen LogP contribution in [0.15, 0.2) is 0 Å². The Balaban J connectivity index is 1.80. The Morgan fingerprint density at radius 2 is 1.81 bits per heavy atom. The van der Waals surface area contributed by atoms with Crippen molar-refractivity contribution in [2.75, 3.05) is 6.54 Å². The zero-order valence-electron chi connectivity index (χ0n) is 9.45. The molecule has 2 rings (SSSR count). The molecule has 2 unspecified atom stereocenters. The van der Waals surface area contributed by atoms with Crippen molar-refractivity contribution in [3.63, 3.8) is 0 Å². The maximum absolute atomic E-state index is 11.5. The fraction of sp³-hybridized carbons (Fsp3) is 0.833. The van der Waals surface area contributed by atoms with Crippen LogP contribution in [-0.4, -0.2) is 23.5 Å². The minimum atomic E-state index is -0.703. The van der Waals surface area contributed by atoms with Gasteiger partial charge in [0.2, 0.25) is 5.91 Å². The van der Waals surface area contributed by atoms with Gasteiger partial charge in [-0.15, -0.1) is 0 Å². The number of aliphatic carboxylic acids is 1. The summed E-state index contributed by atoms with van der Waals surface area (Å²) in [5.74, 6) is -0.492. The molecule has 0 aliphatic heterocycles. The van der Waals surface area contributed by atoms with E-state index in [0.717, 1.165) is 38.5 Å². The van der Waals surface area contributed by atoms with Gasteiger partial charge < -0.3 is 10.4 Å². The molecule has 2 aliphatic rings. The van der Waals surface area contributed by atoms with Crippen molar-refractivity contribution in [2.45, 2.75) is 38.5 Å². The Kier molecular flexibility index (Phi) is 3.46. The van der Waals surface area contributed by atoms with Gasteiger partial charge in [-0.25, -0.2) is 0 Å². The molecule has 2 saturated carbocycles. The average Bonchev–Trinajstić information content (AvgIpc) is 3.10. The van der Waals surface area contributed by atoms with E-state index in [0.29, 0.717) is 6.54 Å². The van der Waals surface area contributed by atoms with Crippen molar-refractivity contribution in [3.05, 3.63) is 0 Å². The first-order valence-corrected chi connectivity index (χ1v) is 6.19. The lowest BCUT2D eigenvalue weighted by atomic mass is 9.79. The molecule has 0 spiro atoms. The fourth-order valence-corrected chi connectivity index (χ4v) is 2.50. The number of hydrogen-bond donors (Lipinski definition) is 2. The van der Waals surface area contributed by atoms with E-state index in [1.165, 1.54) is 0 Å². The van der Waals surface area contributed by atoms with Crippen molar-refractivity contribution in [1.29, 1.82) is 0 Å². The van der Waals surface area contributed by atoms with E-state index >= 15 is 0 Å². The van der Waals surface area contributed by atoms with Gasteiger partial charge in [-0.1, -0.05) is 12.8 Å². The van der Waals surface area contributed by atoms with Gasteiger partial charge in [0.25, 0.3) is 0 Å². The number of carbonyl (C=O) groups is 2. The lowest BCUT2D eigenvalue weighted by Crippen LogP contribution is -2.37. The molecule has 90 valence electrons. The second-order valence-corrected chi connectivity index (χ2v) is 5.01. The first-order valence-electron chi connectivity index (χ1n) is 6.19. The topological polar surface area (TPSA) is 66.4 Å². The Bertz CT molecular complexity index is 286. The molecular formula is C12H19NO3. The molecule has 2 fully saturated rings. The fourth-order valence-electron chi connectivity index (χ4n) is 2.50. The summed E-state index contributed by atoms with van der Waals surface area (Å²) in [7, 11) is 0. The molecule has 0 bridgehead atoms. The van der Waals surface area contributed by atoms with Crippen LogP contribution in [0.2, 0.25) is 0 Å². The van der Waals surface area contributed by atoms with Crippen molar-refractivity contribution < 1.29 is 14.7 Å². The van der Waals surface area contributed by atoms with Crippen molar-refractivity contribution >= 4 is 11.9 Å². The van der Waals surface area contributed by atoms with Gasteiger partial charge in [-0.05, 0) is 31.6 Å². The lowest BCUT2D eigenvalue weighted by Gasteiger charge is -2.28. The van der Waals surface area contributed by atoms with E-state index in [1.807, 2.05) is 0 Å². The zero-order valence-corrected chi connectivity index (χ0v) is 9.45. The molecule has 2 N–H and O–H groups in total. The minimum Gasteiger partial charge on any atom is -0.481 e. The number of hydrogen-bond acceptors (Lipinski definition) is 2. The molecule has 0 aromatic carbocycles. The largest absolute Gasteiger partial charge is 0.481 e. The van der Waals surface area contributed by atoms with E-state index in [4.69, 9.17) is 5.11 Å². The second-order valence-electron chi connectivity index (χ2n) is 5.01. The highest BCUT2D eigenvalue weighted by Gasteiger charge is 2.33. The number of carboxylic acid groups (broad SMARTS) is 1. The van der Waals surface area contributed by atoms with E-state index in [1.54, 1.807) is 0 Å². The van der Waals surface area contributed by atoms with Crippen molar-refractivity contribution in [2.24, 2.45) is 17.8 Å². The van der Waals surface area contributed by atoms with Crippen LogP contribution in [0.3, 0.4) is 0 Å². The van der Waals surface area contributed by atoms with E-state index in [2.05, 4.69) is 5.32 Å². The van der Waals surface area contributed by atoms with Crippen LogP contribution in [0.5, 0.6) is 0 Å². The molecule has 0 saturated heterocycles. The summed E-state index contributed by atoms with van der Waals surface area (Å²) in [5, 5.41) is 12.0. The first-order chi connectivity index (χ1) is 7.68. The minimum absolute atomic E-state index is 0.120. The molecule has 16 heavy (non-hydrogen) atoms. The molecule has 0 heterocycles. The monoisotopic (exact) mass is 225 g/mol. The number of carbonyl (C=O) groups excluding carboxylic acids is 1. The number of carboxylic acids is 1. The van der Waals surface area contributed by atoms with Crippen LogP contribution in [-0.2, 0) is 9.59 Å². The zero-order chi connectivity index (χ0) is 11.5. The molecule has 0 aromatic rings. The maximum atomic E-state index is 11.5. The average molecular weight is 225 g/mol. The van der Waals surface area contributed by atoms with Crippen LogP contribution in [0, 0.1) is 17.8 Å². The molecule has 4 heteroatoms. The molecule has 0 aromatic heterocycles. The third-order valence-electron chi connectivity index (χ3n) is 3.71. The van der Waals surface area contributed by atoms with Gasteiger partial charge in [-0.3, -0.25) is 9.59 Å². The second kappa shape index (κ2) is 4.85. The first kappa shape index (κ1) is 11.4. The van der Waals surface area contributed by atoms with Crippen LogP contribution >= 0.6 is 0 Å². The molecular weight excluding hydrogens is 206 g/mol. The summed E-state index contributed by atoms with van der Waals surface area (Å²) in [6.07, 6.45) is 5.79. The molecule has 2 aliphatic carbocycles. The predicted molar refractivity (Wildman–Crippen MR) is 58.8 cm³/mol. The number of amides is 1. The maximum Gasteiger partial charge on any atom is 0.306 e. The standard InChI is InChI=1S/C12H19NO3/c14-11(8-5-6-8)13-7-9-3-1-2-4-10(9)12(15)16/h8-10H,1-7H2,(H,13,14)(H,15,16). The summed E-state index contributed by atoms with van der Waals surface area (Å²) in [5.41, 5.74) is 0. The van der Waals surface area contributed by atoms with Crippen LogP contribution in [0.25, 0.3) is 0 Å². The summed E-state index contributed by atoms with van der Waals surface area (Å²) in [6, 6.07) is 0. The summed E-state index contributed by atoms with van der Waals surface area (Å²) in [4.78, 5) is 22.5. The van der Waals surface area contributed by atoms with E-state index in [9.17, 15) is 9.59 Å². The third kappa shape index (κ3) is 2.74. The molecule has 0 radical (unpaired) electrons. The normalized spacial score (nSPS) is 29.8. The van der Waals surface area contributed by atoms with Gasteiger partial charge in [0.1, 0.15) is 0 Å². The van der Waals surface area contributed by atoms with E-state index in [-0.39, 0.29) is 23.7 Å².